The standard InChI is InChI=1S/C12H23IO5/c1-7(2)15-6-10-12(14)9(18-13)5-11(17-10)16-8(3)4/h7-12,14H,5-6H2,1-4H3/t9?,10?,11?,12-/m0/s1. The van der Waals surface area contributed by atoms with Gasteiger partial charge in [0.05, 0.1) is 18.8 Å². The predicted octanol–water partition coefficient (Wildman–Crippen LogP) is 2.05. The molecule has 1 N–H and O–H groups in total. The van der Waals surface area contributed by atoms with E-state index in [4.69, 9.17) is 17.3 Å². The number of halogens is 1. The van der Waals surface area contributed by atoms with Crippen LogP contribution in [0.5, 0.6) is 0 Å². The van der Waals surface area contributed by atoms with Crippen LogP contribution in [0.1, 0.15) is 34.1 Å². The van der Waals surface area contributed by atoms with Crippen LogP contribution in [0.3, 0.4) is 0 Å². The first-order valence-corrected chi connectivity index (χ1v) is 7.20. The lowest BCUT2D eigenvalue weighted by Gasteiger charge is -2.38. The summed E-state index contributed by atoms with van der Waals surface area (Å²) in [5, 5.41) is 10.1. The van der Waals surface area contributed by atoms with Crippen LogP contribution in [0.4, 0.5) is 0 Å². The normalized spacial score (nSPS) is 33.3. The second kappa shape index (κ2) is 7.96. The van der Waals surface area contributed by atoms with Gasteiger partial charge in [-0.2, -0.15) is 0 Å². The van der Waals surface area contributed by atoms with Crippen molar-refractivity contribution in [3.05, 3.63) is 0 Å². The Morgan fingerprint density at radius 2 is 1.94 bits per heavy atom. The van der Waals surface area contributed by atoms with Gasteiger partial charge in [-0.05, 0) is 27.7 Å². The van der Waals surface area contributed by atoms with Crippen LogP contribution in [-0.2, 0) is 17.3 Å². The lowest BCUT2D eigenvalue weighted by molar-refractivity contribution is -0.263. The Balaban J connectivity index is 2.56. The van der Waals surface area contributed by atoms with Gasteiger partial charge in [0.15, 0.2) is 6.29 Å². The van der Waals surface area contributed by atoms with Crippen molar-refractivity contribution in [1.29, 1.82) is 0 Å². The number of aliphatic hydroxyl groups excluding tert-OH is 1. The summed E-state index contributed by atoms with van der Waals surface area (Å²) in [5.74, 6) is 0. The van der Waals surface area contributed by atoms with Gasteiger partial charge in [0, 0.05) is 6.42 Å². The van der Waals surface area contributed by atoms with E-state index in [9.17, 15) is 5.11 Å². The van der Waals surface area contributed by atoms with E-state index in [1.165, 1.54) is 0 Å². The molecule has 0 aromatic carbocycles. The molecular weight excluding hydrogens is 351 g/mol. The molecule has 0 spiro atoms. The first-order chi connectivity index (χ1) is 8.43. The molecule has 6 heteroatoms. The lowest BCUT2D eigenvalue weighted by atomic mass is 10.0. The van der Waals surface area contributed by atoms with Crippen LogP contribution in [0.25, 0.3) is 0 Å². The molecule has 0 aliphatic carbocycles. The van der Waals surface area contributed by atoms with Crippen molar-refractivity contribution < 1.29 is 22.4 Å². The highest BCUT2D eigenvalue weighted by molar-refractivity contribution is 14.1. The van der Waals surface area contributed by atoms with Crippen molar-refractivity contribution in [3.63, 3.8) is 0 Å². The maximum atomic E-state index is 10.1. The molecule has 1 saturated heterocycles. The van der Waals surface area contributed by atoms with Crippen LogP contribution in [0.15, 0.2) is 0 Å². The minimum absolute atomic E-state index is 0.0757. The van der Waals surface area contributed by atoms with Gasteiger partial charge in [-0.3, -0.25) is 0 Å². The molecule has 1 heterocycles. The Kier molecular flexibility index (Phi) is 7.33. The first-order valence-electron chi connectivity index (χ1n) is 6.32. The maximum absolute atomic E-state index is 10.1. The average molecular weight is 374 g/mol. The fraction of sp³-hybridized carbons (Fsp3) is 1.00. The van der Waals surface area contributed by atoms with E-state index < -0.39 is 12.2 Å². The van der Waals surface area contributed by atoms with Gasteiger partial charge in [0.1, 0.15) is 41.3 Å². The largest absolute Gasteiger partial charge is 0.388 e. The van der Waals surface area contributed by atoms with Crippen LogP contribution in [-0.4, -0.2) is 48.5 Å². The third-order valence-corrected chi connectivity index (χ3v) is 3.30. The summed E-state index contributed by atoms with van der Waals surface area (Å²) in [5.41, 5.74) is 0. The van der Waals surface area contributed by atoms with Gasteiger partial charge in [-0.15, -0.1) is 0 Å². The first kappa shape index (κ1) is 16.6. The van der Waals surface area contributed by atoms with E-state index >= 15 is 0 Å². The Hall–Kier alpha value is 0.530. The number of hydrogen-bond donors (Lipinski definition) is 1. The molecule has 18 heavy (non-hydrogen) atoms. The van der Waals surface area contributed by atoms with Gasteiger partial charge in [-0.1, -0.05) is 0 Å². The monoisotopic (exact) mass is 374 g/mol. The van der Waals surface area contributed by atoms with Crippen molar-refractivity contribution in [2.75, 3.05) is 6.61 Å². The topological polar surface area (TPSA) is 57.2 Å². The minimum Gasteiger partial charge on any atom is -0.388 e. The molecule has 0 aromatic rings. The van der Waals surface area contributed by atoms with E-state index in [2.05, 4.69) is 0 Å². The summed E-state index contributed by atoms with van der Waals surface area (Å²) < 4.78 is 22.1. The predicted molar refractivity (Wildman–Crippen MR) is 75.5 cm³/mol. The molecule has 0 amide bonds. The van der Waals surface area contributed by atoms with Crippen molar-refractivity contribution in [2.45, 2.75) is 70.9 Å². The van der Waals surface area contributed by atoms with Gasteiger partial charge >= 0.3 is 0 Å². The molecular formula is C12H23IO5. The molecule has 5 nitrogen and oxygen atoms in total. The Morgan fingerprint density at radius 1 is 1.28 bits per heavy atom. The SMILES string of the molecule is CC(C)OCC1OC(OC(C)C)CC(OI)[C@@H]1O. The summed E-state index contributed by atoms with van der Waals surface area (Å²) in [6.07, 6.45) is -1.03. The second-order valence-electron chi connectivity index (χ2n) is 5.02. The highest BCUT2D eigenvalue weighted by Gasteiger charge is 2.39. The Labute approximate surface area is 123 Å². The van der Waals surface area contributed by atoms with Crippen LogP contribution < -0.4 is 0 Å². The third kappa shape index (κ3) is 5.26. The van der Waals surface area contributed by atoms with E-state index in [-0.39, 0.29) is 24.6 Å². The molecule has 0 saturated carbocycles. The van der Waals surface area contributed by atoms with Gasteiger partial charge in [0.25, 0.3) is 0 Å². The van der Waals surface area contributed by atoms with E-state index in [1.54, 1.807) is 23.0 Å². The van der Waals surface area contributed by atoms with Gasteiger partial charge < -0.3 is 22.4 Å². The molecule has 1 aliphatic rings. The molecule has 1 rings (SSSR count). The smallest absolute Gasteiger partial charge is 0.161 e. The minimum atomic E-state index is -0.687. The highest BCUT2D eigenvalue weighted by Crippen LogP contribution is 2.26. The zero-order chi connectivity index (χ0) is 13.7. The summed E-state index contributed by atoms with van der Waals surface area (Å²) in [4.78, 5) is 0. The number of aliphatic hydroxyl groups is 1. The van der Waals surface area contributed by atoms with Gasteiger partial charge in [-0.25, -0.2) is 0 Å². The van der Waals surface area contributed by atoms with E-state index in [1.807, 2.05) is 27.7 Å². The summed E-state index contributed by atoms with van der Waals surface area (Å²) in [7, 11) is 0. The lowest BCUT2D eigenvalue weighted by Crippen LogP contribution is -2.51. The number of hydrogen-bond acceptors (Lipinski definition) is 5. The number of rotatable bonds is 6. The summed E-state index contributed by atoms with van der Waals surface area (Å²) in [6.45, 7) is 8.14. The molecule has 108 valence electrons. The molecule has 0 radical (unpaired) electrons. The van der Waals surface area contributed by atoms with Crippen LogP contribution in [0, 0.1) is 0 Å². The van der Waals surface area contributed by atoms with Crippen molar-refractivity contribution >= 4 is 23.0 Å². The zero-order valence-corrected chi connectivity index (χ0v) is 13.5. The number of ether oxygens (including phenoxy) is 3. The molecule has 3 unspecified atom stereocenters. The van der Waals surface area contributed by atoms with E-state index in [0.717, 1.165) is 0 Å². The van der Waals surface area contributed by atoms with Gasteiger partial charge in [0.2, 0.25) is 0 Å². The van der Waals surface area contributed by atoms with Crippen molar-refractivity contribution in [1.82, 2.24) is 0 Å². The van der Waals surface area contributed by atoms with Crippen LogP contribution in [0.2, 0.25) is 0 Å². The van der Waals surface area contributed by atoms with Crippen molar-refractivity contribution in [3.8, 4) is 0 Å². The summed E-state index contributed by atoms with van der Waals surface area (Å²) in [6, 6.07) is 0. The van der Waals surface area contributed by atoms with E-state index in [0.29, 0.717) is 13.0 Å². The summed E-state index contributed by atoms with van der Waals surface area (Å²) >= 11 is 1.81. The fourth-order valence-electron chi connectivity index (χ4n) is 1.80. The molecule has 1 aliphatic heterocycles. The van der Waals surface area contributed by atoms with Crippen LogP contribution >= 0.6 is 23.0 Å². The molecule has 4 atom stereocenters. The molecule has 1 fully saturated rings. The highest BCUT2D eigenvalue weighted by atomic mass is 127. The fourth-order valence-corrected chi connectivity index (χ4v) is 2.31. The Bertz CT molecular complexity index is 237. The molecule has 0 aromatic heterocycles. The Morgan fingerprint density at radius 3 is 2.44 bits per heavy atom. The molecule has 0 bridgehead atoms. The quantitative estimate of drug-likeness (QED) is 0.722. The average Bonchev–Trinajstić information content (AvgIpc) is 2.28. The maximum Gasteiger partial charge on any atom is 0.161 e. The third-order valence-electron chi connectivity index (χ3n) is 2.65. The van der Waals surface area contributed by atoms with Crippen molar-refractivity contribution in [2.24, 2.45) is 0 Å². The second-order valence-corrected chi connectivity index (χ2v) is 5.53. The zero-order valence-electron chi connectivity index (χ0n) is 11.3.